The minimum absolute atomic E-state index is 0.0874. The first-order valence-corrected chi connectivity index (χ1v) is 12.3. The van der Waals surface area contributed by atoms with Crippen molar-refractivity contribution in [1.29, 1.82) is 0 Å². The first-order valence-electron chi connectivity index (χ1n) is 9.28. The first kappa shape index (κ1) is 19.5. The molecule has 4 rings (SSSR count). The number of aryl methyl sites for hydroxylation is 1. The molecule has 2 aliphatic rings. The molecule has 0 bridgehead atoms. The molecule has 2 aromatic rings. The van der Waals surface area contributed by atoms with Gasteiger partial charge in [0.2, 0.25) is 0 Å². The van der Waals surface area contributed by atoms with Crippen LogP contribution >= 0.6 is 0 Å². The van der Waals surface area contributed by atoms with Crippen molar-refractivity contribution in [2.75, 3.05) is 0 Å². The normalized spacial score (nSPS) is 17.2. The smallest absolute Gasteiger partial charge is 0.178 e. The van der Waals surface area contributed by atoms with E-state index in [0.29, 0.717) is 16.7 Å². The van der Waals surface area contributed by atoms with E-state index in [1.165, 1.54) is 18.2 Å². The summed E-state index contributed by atoms with van der Waals surface area (Å²) in [6.07, 6.45) is 4.68. The topological polar surface area (TPSA) is 57.5 Å². The zero-order valence-corrected chi connectivity index (χ0v) is 17.3. The first-order chi connectivity index (χ1) is 13.7. The van der Waals surface area contributed by atoms with Crippen LogP contribution in [0.2, 0.25) is 13.1 Å². The van der Waals surface area contributed by atoms with Crippen LogP contribution in [0.15, 0.2) is 53.3 Å². The molecule has 0 spiro atoms. The predicted molar refractivity (Wildman–Crippen MR) is 110 cm³/mol. The Hall–Kier alpha value is -2.83. The second kappa shape index (κ2) is 6.61. The largest absolute Gasteiger partial charge is 0.508 e. The quantitative estimate of drug-likeness (QED) is 0.741. The van der Waals surface area contributed by atoms with Crippen LogP contribution in [0.3, 0.4) is 0 Å². The Labute approximate surface area is 168 Å². The molecule has 2 aromatic carbocycles. The van der Waals surface area contributed by atoms with Gasteiger partial charge in [-0.25, -0.2) is 8.78 Å². The lowest BCUT2D eigenvalue weighted by atomic mass is 9.86. The van der Waals surface area contributed by atoms with Gasteiger partial charge in [-0.1, -0.05) is 31.3 Å². The zero-order chi connectivity index (χ0) is 21.1. The van der Waals surface area contributed by atoms with Gasteiger partial charge in [-0.3, -0.25) is 4.79 Å². The van der Waals surface area contributed by atoms with Gasteiger partial charge >= 0.3 is 0 Å². The third kappa shape index (κ3) is 2.82. The fourth-order valence-corrected chi connectivity index (χ4v) is 7.39. The third-order valence-corrected chi connectivity index (χ3v) is 9.30. The highest BCUT2D eigenvalue weighted by Gasteiger charge is 2.41. The lowest BCUT2D eigenvalue weighted by molar-refractivity contribution is -0.110. The summed E-state index contributed by atoms with van der Waals surface area (Å²) in [5.41, 5.74) is 2.43. The minimum atomic E-state index is -2.37. The van der Waals surface area contributed by atoms with Crippen molar-refractivity contribution in [2.24, 2.45) is 0 Å². The number of hydrogen-bond acceptors (Lipinski definition) is 3. The van der Waals surface area contributed by atoms with Crippen LogP contribution in [0, 0.1) is 18.6 Å². The van der Waals surface area contributed by atoms with E-state index < -0.39 is 26.3 Å². The fourth-order valence-electron chi connectivity index (χ4n) is 4.33. The standard InChI is InChI=1S/C23H20F2O3Si/c1-12-8-13(11-26)22(24)23(25)20(12)21-16-6-4-14(27)9-18(16)29(2,3)19-10-15(28)5-7-17(19)21/h4-10,26-27H,11H2,1-3H3. The number of aromatic hydroxyl groups is 1. The number of ketones is 1. The van der Waals surface area contributed by atoms with Gasteiger partial charge in [0.1, 0.15) is 13.8 Å². The number of carbonyl (C=O) groups is 1. The number of phenolic OH excluding ortho intramolecular Hbond substituents is 1. The van der Waals surface area contributed by atoms with Gasteiger partial charge in [-0.15, -0.1) is 0 Å². The van der Waals surface area contributed by atoms with E-state index in [4.69, 9.17) is 0 Å². The Morgan fingerprint density at radius 3 is 2.48 bits per heavy atom. The summed E-state index contributed by atoms with van der Waals surface area (Å²) in [5.74, 6) is -2.16. The second-order valence-electron chi connectivity index (χ2n) is 7.95. The molecular formula is C23H20F2O3Si. The lowest BCUT2D eigenvalue weighted by Crippen LogP contribution is -2.49. The van der Waals surface area contributed by atoms with Crippen LogP contribution in [0.4, 0.5) is 8.78 Å². The summed E-state index contributed by atoms with van der Waals surface area (Å²) >= 11 is 0. The Morgan fingerprint density at radius 2 is 1.79 bits per heavy atom. The maximum absolute atomic E-state index is 15.2. The van der Waals surface area contributed by atoms with E-state index >= 15 is 4.39 Å². The van der Waals surface area contributed by atoms with E-state index in [1.807, 2.05) is 0 Å². The highest BCUT2D eigenvalue weighted by Crippen LogP contribution is 2.43. The van der Waals surface area contributed by atoms with Gasteiger partial charge in [-0.2, -0.15) is 0 Å². The van der Waals surface area contributed by atoms with Crippen LogP contribution in [0.5, 0.6) is 5.75 Å². The van der Waals surface area contributed by atoms with Gasteiger partial charge in [0.25, 0.3) is 0 Å². The van der Waals surface area contributed by atoms with Crippen molar-refractivity contribution in [1.82, 2.24) is 0 Å². The molecule has 0 saturated heterocycles. The number of halogens is 2. The number of rotatable bonds is 2. The molecule has 29 heavy (non-hydrogen) atoms. The van der Waals surface area contributed by atoms with Crippen molar-refractivity contribution in [3.8, 4) is 5.75 Å². The summed E-state index contributed by atoms with van der Waals surface area (Å²) < 4.78 is 29.8. The van der Waals surface area contributed by atoms with E-state index in [0.717, 1.165) is 15.9 Å². The molecule has 148 valence electrons. The van der Waals surface area contributed by atoms with Crippen molar-refractivity contribution in [3.05, 3.63) is 87.2 Å². The SMILES string of the molecule is Cc1cc(CO)c(F)c(F)c1C1=C2C=CC(=O)C=C2[Si](C)(C)c2cc(O)ccc21. The molecule has 0 atom stereocenters. The number of fused-ring (bicyclic) bond motifs is 2. The Kier molecular flexibility index (Phi) is 4.44. The van der Waals surface area contributed by atoms with Gasteiger partial charge < -0.3 is 10.2 Å². The van der Waals surface area contributed by atoms with Crippen molar-refractivity contribution >= 4 is 24.6 Å². The highest BCUT2D eigenvalue weighted by molar-refractivity contribution is 6.98. The number of aliphatic hydroxyl groups is 1. The molecule has 0 fully saturated rings. The minimum Gasteiger partial charge on any atom is -0.508 e. The second-order valence-corrected chi connectivity index (χ2v) is 12.3. The molecule has 6 heteroatoms. The van der Waals surface area contributed by atoms with Crippen LogP contribution in [-0.4, -0.2) is 24.1 Å². The van der Waals surface area contributed by atoms with Crippen molar-refractivity contribution in [2.45, 2.75) is 26.6 Å². The molecule has 0 saturated carbocycles. The summed E-state index contributed by atoms with van der Waals surface area (Å²) in [6.45, 7) is 5.21. The lowest BCUT2D eigenvalue weighted by Gasteiger charge is -2.37. The fraction of sp³-hybridized carbons (Fsp3) is 0.174. The van der Waals surface area contributed by atoms with E-state index in [9.17, 15) is 19.4 Å². The molecule has 1 aliphatic carbocycles. The number of phenols is 1. The van der Waals surface area contributed by atoms with Crippen molar-refractivity contribution in [3.63, 3.8) is 0 Å². The predicted octanol–water partition coefficient (Wildman–Crippen LogP) is 3.81. The number of hydrogen-bond donors (Lipinski definition) is 2. The molecule has 1 aliphatic heterocycles. The van der Waals surface area contributed by atoms with Gasteiger partial charge in [-0.05, 0) is 63.9 Å². The molecule has 0 aromatic heterocycles. The molecule has 0 unspecified atom stereocenters. The van der Waals surface area contributed by atoms with Gasteiger partial charge in [0.05, 0.1) is 6.61 Å². The third-order valence-electron chi connectivity index (χ3n) is 5.78. The summed E-state index contributed by atoms with van der Waals surface area (Å²) in [4.78, 5) is 12.1. The number of carbonyl (C=O) groups excluding carboxylic acids is 1. The molecule has 0 amide bonds. The molecule has 3 nitrogen and oxygen atoms in total. The van der Waals surface area contributed by atoms with Gasteiger partial charge in [0.15, 0.2) is 17.4 Å². The Balaban J connectivity index is 2.16. The summed E-state index contributed by atoms with van der Waals surface area (Å²) in [5, 5.41) is 21.1. The van der Waals surface area contributed by atoms with Crippen LogP contribution in [0.25, 0.3) is 5.57 Å². The average Bonchev–Trinajstić information content (AvgIpc) is 2.68. The van der Waals surface area contributed by atoms with Crippen LogP contribution in [0.1, 0.15) is 22.3 Å². The molecular weight excluding hydrogens is 390 g/mol. The maximum Gasteiger partial charge on any atom is 0.178 e. The zero-order valence-electron chi connectivity index (χ0n) is 16.3. The average molecular weight is 410 g/mol. The summed E-state index contributed by atoms with van der Waals surface area (Å²) in [7, 11) is -2.37. The monoisotopic (exact) mass is 410 g/mol. The number of allylic oxidation sites excluding steroid dienone is 5. The van der Waals surface area contributed by atoms with Crippen LogP contribution in [-0.2, 0) is 11.4 Å². The molecule has 2 N–H and O–H groups in total. The van der Waals surface area contributed by atoms with E-state index in [1.54, 1.807) is 31.2 Å². The molecule has 0 radical (unpaired) electrons. The van der Waals surface area contributed by atoms with E-state index in [2.05, 4.69) is 13.1 Å². The Bertz CT molecular complexity index is 1170. The molecule has 1 heterocycles. The number of benzene rings is 2. The highest BCUT2D eigenvalue weighted by atomic mass is 28.3. The van der Waals surface area contributed by atoms with Crippen LogP contribution < -0.4 is 5.19 Å². The Morgan fingerprint density at radius 1 is 1.07 bits per heavy atom. The summed E-state index contributed by atoms with van der Waals surface area (Å²) in [6, 6.07) is 6.36. The van der Waals surface area contributed by atoms with Gasteiger partial charge in [0, 0.05) is 11.1 Å². The number of aliphatic hydroxyl groups excluding tert-OH is 1. The maximum atomic E-state index is 15.2. The van der Waals surface area contributed by atoms with Crippen molar-refractivity contribution < 1.29 is 23.8 Å². The van der Waals surface area contributed by atoms with E-state index in [-0.39, 0.29) is 22.7 Å².